The fraction of sp³-hybridized carbons (Fsp3) is 0.286. The van der Waals surface area contributed by atoms with Crippen LogP contribution in [0.15, 0.2) is 39.5 Å². The molecule has 0 amide bonds. The molecule has 2 heterocycles. The Kier molecular flexibility index (Phi) is 3.14. The average Bonchev–Trinajstić information content (AvgIpc) is 2.97. The number of benzene rings is 1. The molecule has 0 aliphatic rings. The van der Waals surface area contributed by atoms with Gasteiger partial charge in [-0.25, -0.2) is 0 Å². The molecule has 0 N–H and O–H groups in total. The van der Waals surface area contributed by atoms with Crippen molar-refractivity contribution in [1.82, 2.24) is 14.7 Å². The molecule has 0 atom stereocenters. The molecule has 0 bridgehead atoms. The summed E-state index contributed by atoms with van der Waals surface area (Å²) in [6, 6.07) is 8.30. The minimum Gasteiger partial charge on any atom is -0.338 e. The standard InChI is InChI=1S/C14H14BrN3O/c1-9(2)14-16-13(19-17-14)8-18-6-5-10-7-11(15)3-4-12(10)18/h3-7,9H,8H2,1-2H3. The number of hydrogen-bond acceptors (Lipinski definition) is 3. The summed E-state index contributed by atoms with van der Waals surface area (Å²) in [5.41, 5.74) is 1.16. The van der Waals surface area contributed by atoms with Gasteiger partial charge in [-0.3, -0.25) is 0 Å². The molecule has 3 aromatic rings. The highest BCUT2D eigenvalue weighted by molar-refractivity contribution is 9.10. The molecule has 0 radical (unpaired) electrons. The van der Waals surface area contributed by atoms with Crippen molar-refractivity contribution in [2.45, 2.75) is 26.3 Å². The van der Waals surface area contributed by atoms with Gasteiger partial charge >= 0.3 is 0 Å². The van der Waals surface area contributed by atoms with E-state index in [0.29, 0.717) is 12.4 Å². The Morgan fingerprint density at radius 1 is 1.32 bits per heavy atom. The molecule has 0 unspecified atom stereocenters. The maximum atomic E-state index is 5.28. The lowest BCUT2D eigenvalue weighted by Crippen LogP contribution is -1.98. The van der Waals surface area contributed by atoms with Crippen LogP contribution in [0.3, 0.4) is 0 Å². The number of aromatic nitrogens is 3. The Bertz CT molecular complexity index is 714. The van der Waals surface area contributed by atoms with Gasteiger partial charge in [0, 0.05) is 27.5 Å². The van der Waals surface area contributed by atoms with Crippen LogP contribution in [0.25, 0.3) is 10.9 Å². The molecule has 1 aromatic carbocycles. The van der Waals surface area contributed by atoms with Crippen molar-refractivity contribution in [3.8, 4) is 0 Å². The van der Waals surface area contributed by atoms with E-state index >= 15 is 0 Å². The number of nitrogens with zero attached hydrogens (tertiary/aromatic N) is 3. The molecule has 4 nitrogen and oxygen atoms in total. The second kappa shape index (κ2) is 4.81. The van der Waals surface area contributed by atoms with Crippen molar-refractivity contribution in [2.75, 3.05) is 0 Å². The van der Waals surface area contributed by atoms with Gasteiger partial charge in [-0.15, -0.1) is 0 Å². The largest absolute Gasteiger partial charge is 0.338 e. The van der Waals surface area contributed by atoms with Crippen molar-refractivity contribution in [3.05, 3.63) is 46.7 Å². The van der Waals surface area contributed by atoms with Gasteiger partial charge in [0.05, 0.1) is 0 Å². The Labute approximate surface area is 119 Å². The number of fused-ring (bicyclic) bond motifs is 1. The van der Waals surface area contributed by atoms with E-state index in [2.05, 4.69) is 62.7 Å². The third-order valence-electron chi connectivity index (χ3n) is 3.04. The Morgan fingerprint density at radius 3 is 2.89 bits per heavy atom. The second-order valence-corrected chi connectivity index (χ2v) is 5.76. The zero-order valence-corrected chi connectivity index (χ0v) is 12.4. The molecular formula is C14H14BrN3O. The first-order valence-electron chi connectivity index (χ1n) is 6.20. The third kappa shape index (κ3) is 2.42. The quantitative estimate of drug-likeness (QED) is 0.734. The maximum absolute atomic E-state index is 5.28. The van der Waals surface area contributed by atoms with Gasteiger partial charge in [-0.2, -0.15) is 4.98 Å². The van der Waals surface area contributed by atoms with Gasteiger partial charge in [-0.1, -0.05) is 34.9 Å². The lowest BCUT2D eigenvalue weighted by Gasteiger charge is -2.01. The number of halogens is 1. The normalized spacial score (nSPS) is 11.6. The van der Waals surface area contributed by atoms with Gasteiger partial charge in [0.15, 0.2) is 5.82 Å². The molecule has 5 heteroatoms. The topological polar surface area (TPSA) is 43.9 Å². The van der Waals surface area contributed by atoms with Crippen LogP contribution in [0.1, 0.15) is 31.5 Å². The first kappa shape index (κ1) is 12.4. The van der Waals surface area contributed by atoms with E-state index in [1.54, 1.807) is 0 Å². The van der Waals surface area contributed by atoms with E-state index in [9.17, 15) is 0 Å². The first-order chi connectivity index (χ1) is 9.13. The SMILES string of the molecule is CC(C)c1noc(Cn2ccc3cc(Br)ccc32)n1. The van der Waals surface area contributed by atoms with Gasteiger partial charge < -0.3 is 9.09 Å². The van der Waals surface area contributed by atoms with Crippen molar-refractivity contribution in [3.63, 3.8) is 0 Å². The molecule has 0 saturated carbocycles. The van der Waals surface area contributed by atoms with Crippen LogP contribution in [0, 0.1) is 0 Å². The molecule has 3 rings (SSSR count). The summed E-state index contributed by atoms with van der Waals surface area (Å²) in [5.74, 6) is 1.69. The summed E-state index contributed by atoms with van der Waals surface area (Å²) in [5, 5.41) is 5.18. The fourth-order valence-corrected chi connectivity index (χ4v) is 2.40. The molecule has 0 fully saturated rings. The predicted octanol–water partition coefficient (Wildman–Crippen LogP) is 3.96. The Morgan fingerprint density at radius 2 is 2.16 bits per heavy atom. The summed E-state index contributed by atoms with van der Waals surface area (Å²) in [6.07, 6.45) is 2.04. The monoisotopic (exact) mass is 319 g/mol. The Hall–Kier alpha value is -1.62. The van der Waals surface area contributed by atoms with E-state index in [-0.39, 0.29) is 5.92 Å². The average molecular weight is 320 g/mol. The molecule has 0 aliphatic carbocycles. The van der Waals surface area contributed by atoms with Crippen LogP contribution in [0.2, 0.25) is 0 Å². The molecule has 0 saturated heterocycles. The zero-order chi connectivity index (χ0) is 13.4. The van der Waals surface area contributed by atoms with Crippen molar-refractivity contribution in [1.29, 1.82) is 0 Å². The summed E-state index contributed by atoms with van der Waals surface area (Å²) in [7, 11) is 0. The fourth-order valence-electron chi connectivity index (χ4n) is 2.02. The summed E-state index contributed by atoms with van der Waals surface area (Å²) < 4.78 is 8.47. The van der Waals surface area contributed by atoms with Gasteiger partial charge in [0.1, 0.15) is 6.54 Å². The van der Waals surface area contributed by atoms with Gasteiger partial charge in [-0.05, 0) is 24.3 Å². The predicted molar refractivity (Wildman–Crippen MR) is 77.1 cm³/mol. The summed E-state index contributed by atoms with van der Waals surface area (Å²) >= 11 is 3.48. The van der Waals surface area contributed by atoms with Gasteiger partial charge in [0.2, 0.25) is 5.89 Å². The van der Waals surface area contributed by atoms with E-state index in [0.717, 1.165) is 15.8 Å². The highest BCUT2D eigenvalue weighted by Gasteiger charge is 2.11. The summed E-state index contributed by atoms with van der Waals surface area (Å²) in [6.45, 7) is 4.71. The molecular weight excluding hydrogens is 306 g/mol. The van der Waals surface area contributed by atoms with Gasteiger partial charge in [0.25, 0.3) is 0 Å². The van der Waals surface area contributed by atoms with Crippen LogP contribution in [0.5, 0.6) is 0 Å². The van der Waals surface area contributed by atoms with Crippen LogP contribution in [-0.2, 0) is 6.54 Å². The highest BCUT2D eigenvalue weighted by Crippen LogP contribution is 2.21. The molecule has 0 spiro atoms. The first-order valence-corrected chi connectivity index (χ1v) is 6.99. The molecule has 2 aromatic heterocycles. The minimum absolute atomic E-state index is 0.287. The second-order valence-electron chi connectivity index (χ2n) is 4.85. The van der Waals surface area contributed by atoms with Crippen molar-refractivity contribution in [2.24, 2.45) is 0 Å². The molecule has 19 heavy (non-hydrogen) atoms. The number of rotatable bonds is 3. The highest BCUT2D eigenvalue weighted by atomic mass is 79.9. The van der Waals surface area contributed by atoms with Crippen LogP contribution < -0.4 is 0 Å². The minimum atomic E-state index is 0.287. The molecule has 98 valence electrons. The maximum Gasteiger partial charge on any atom is 0.246 e. The van der Waals surface area contributed by atoms with E-state index in [4.69, 9.17) is 4.52 Å². The van der Waals surface area contributed by atoms with E-state index in [1.165, 1.54) is 5.39 Å². The van der Waals surface area contributed by atoms with Crippen LogP contribution >= 0.6 is 15.9 Å². The lowest BCUT2D eigenvalue weighted by atomic mass is 10.2. The van der Waals surface area contributed by atoms with Crippen molar-refractivity contribution < 1.29 is 4.52 Å². The molecule has 0 aliphatic heterocycles. The van der Waals surface area contributed by atoms with Crippen LogP contribution in [-0.4, -0.2) is 14.7 Å². The summed E-state index contributed by atoms with van der Waals surface area (Å²) in [4.78, 5) is 4.40. The van der Waals surface area contributed by atoms with E-state index in [1.807, 2.05) is 12.3 Å². The number of hydrogen-bond donors (Lipinski definition) is 0. The zero-order valence-electron chi connectivity index (χ0n) is 10.8. The Balaban J connectivity index is 1.92. The third-order valence-corrected chi connectivity index (χ3v) is 3.53. The van der Waals surface area contributed by atoms with Crippen LogP contribution in [0.4, 0.5) is 0 Å². The van der Waals surface area contributed by atoms with E-state index < -0.39 is 0 Å². The smallest absolute Gasteiger partial charge is 0.246 e. The lowest BCUT2D eigenvalue weighted by molar-refractivity contribution is 0.366. The van der Waals surface area contributed by atoms with Crippen molar-refractivity contribution >= 4 is 26.8 Å².